The number of carboxylic acids is 1. The molecule has 82 valence electrons. The van der Waals surface area contributed by atoms with Crippen LogP contribution in [0.25, 0.3) is 0 Å². The van der Waals surface area contributed by atoms with Gasteiger partial charge < -0.3 is 9.84 Å². The van der Waals surface area contributed by atoms with Crippen LogP contribution in [0.5, 0.6) is 10.9 Å². The molecule has 0 saturated heterocycles. The van der Waals surface area contributed by atoms with Crippen molar-refractivity contribution >= 4 is 17.5 Å². The molecule has 0 fully saturated rings. The normalized spacial score (nSPS) is 10.1. The average molecular weight is 236 g/mol. The third-order valence-corrected chi connectivity index (χ3v) is 2.45. The topological polar surface area (TPSA) is 72.3 Å². The first kappa shape index (κ1) is 10.6. The number of aromatic nitrogens is 2. The van der Waals surface area contributed by atoms with Gasteiger partial charge in [0.25, 0.3) is 5.19 Å². The monoisotopic (exact) mass is 236 g/mol. The number of ether oxygens (including phenoxy) is 1. The highest BCUT2D eigenvalue weighted by Crippen LogP contribution is 2.26. The molecular weight excluding hydrogens is 228 g/mol. The second-order valence-corrected chi connectivity index (χ2v) is 3.86. The maximum Gasteiger partial charge on any atom is 0.339 e. The van der Waals surface area contributed by atoms with Crippen molar-refractivity contribution in [1.29, 1.82) is 0 Å². The van der Waals surface area contributed by atoms with Crippen LogP contribution in [0.2, 0.25) is 0 Å². The minimum Gasteiger partial charge on any atom is -0.478 e. The molecule has 1 aromatic heterocycles. The maximum absolute atomic E-state index is 10.9. The zero-order chi connectivity index (χ0) is 11.5. The Kier molecular flexibility index (Phi) is 2.82. The van der Waals surface area contributed by atoms with Gasteiger partial charge in [0.2, 0.25) is 0 Å². The van der Waals surface area contributed by atoms with Crippen molar-refractivity contribution < 1.29 is 14.6 Å². The number of aryl methyl sites for hydroxylation is 1. The second-order valence-electron chi connectivity index (χ2n) is 3.11. The molecule has 0 radical (unpaired) electrons. The predicted octanol–water partition coefficient (Wildman–Crippen LogP) is 2.34. The Morgan fingerprint density at radius 2 is 2.31 bits per heavy atom. The van der Waals surface area contributed by atoms with Gasteiger partial charge in [-0.15, -0.1) is 0 Å². The van der Waals surface area contributed by atoms with E-state index in [1.807, 2.05) is 6.92 Å². The van der Waals surface area contributed by atoms with Gasteiger partial charge in [-0.1, -0.05) is 6.07 Å². The molecule has 1 aromatic carbocycles. The number of aromatic carboxylic acids is 1. The summed E-state index contributed by atoms with van der Waals surface area (Å²) in [4.78, 5) is 14.8. The zero-order valence-corrected chi connectivity index (χ0v) is 9.19. The van der Waals surface area contributed by atoms with Crippen molar-refractivity contribution in [2.24, 2.45) is 0 Å². The van der Waals surface area contributed by atoms with E-state index in [4.69, 9.17) is 9.84 Å². The number of hydrogen-bond acceptors (Lipinski definition) is 5. The van der Waals surface area contributed by atoms with Gasteiger partial charge in [-0.3, -0.25) is 0 Å². The summed E-state index contributed by atoms with van der Waals surface area (Å²) in [6, 6.07) is 4.88. The van der Waals surface area contributed by atoms with Crippen LogP contribution in [-0.4, -0.2) is 20.4 Å². The van der Waals surface area contributed by atoms with E-state index in [-0.39, 0.29) is 11.3 Å². The third-order valence-electron chi connectivity index (χ3n) is 1.91. The van der Waals surface area contributed by atoms with Crippen LogP contribution in [0.15, 0.2) is 24.5 Å². The fourth-order valence-corrected chi connectivity index (χ4v) is 1.60. The Morgan fingerprint density at radius 3 is 2.94 bits per heavy atom. The lowest BCUT2D eigenvalue weighted by Gasteiger charge is -2.06. The average Bonchev–Trinajstić information content (AvgIpc) is 2.70. The summed E-state index contributed by atoms with van der Waals surface area (Å²) in [5.41, 5.74) is 1.03. The molecule has 6 heteroatoms. The fourth-order valence-electron chi connectivity index (χ4n) is 1.19. The maximum atomic E-state index is 10.9. The summed E-state index contributed by atoms with van der Waals surface area (Å²) in [6.07, 6.45) is 1.36. The van der Waals surface area contributed by atoms with Crippen molar-refractivity contribution in [2.45, 2.75) is 6.92 Å². The lowest BCUT2D eigenvalue weighted by molar-refractivity contribution is 0.0694. The van der Waals surface area contributed by atoms with Crippen LogP contribution in [-0.2, 0) is 0 Å². The molecule has 1 heterocycles. The molecule has 0 aliphatic heterocycles. The number of benzene rings is 1. The van der Waals surface area contributed by atoms with Crippen LogP contribution >= 0.6 is 11.5 Å². The molecular formula is C10H8N2O3S. The van der Waals surface area contributed by atoms with Crippen LogP contribution in [0.1, 0.15) is 15.9 Å². The SMILES string of the molecule is Cc1ccc(C(=O)O)c(Oc2ncns2)c1. The number of carboxylic acid groups (broad SMARTS) is 1. The van der Waals surface area contributed by atoms with Crippen molar-refractivity contribution in [3.8, 4) is 10.9 Å². The Morgan fingerprint density at radius 1 is 1.50 bits per heavy atom. The molecule has 0 atom stereocenters. The van der Waals surface area contributed by atoms with Gasteiger partial charge in [0.1, 0.15) is 17.6 Å². The van der Waals surface area contributed by atoms with E-state index in [1.54, 1.807) is 12.1 Å². The predicted molar refractivity (Wildman–Crippen MR) is 58.1 cm³/mol. The Labute approximate surface area is 95.5 Å². The van der Waals surface area contributed by atoms with E-state index in [0.717, 1.165) is 17.1 Å². The summed E-state index contributed by atoms with van der Waals surface area (Å²) in [5, 5.41) is 9.30. The Bertz CT molecular complexity index is 511. The summed E-state index contributed by atoms with van der Waals surface area (Å²) < 4.78 is 9.13. The molecule has 5 nitrogen and oxygen atoms in total. The molecule has 0 unspecified atom stereocenters. The van der Waals surface area contributed by atoms with Gasteiger partial charge in [-0.25, -0.2) is 4.79 Å². The molecule has 0 bridgehead atoms. The van der Waals surface area contributed by atoms with Crippen LogP contribution in [0.4, 0.5) is 0 Å². The zero-order valence-electron chi connectivity index (χ0n) is 8.38. The van der Waals surface area contributed by atoms with Crippen molar-refractivity contribution in [3.63, 3.8) is 0 Å². The quantitative estimate of drug-likeness (QED) is 0.885. The van der Waals surface area contributed by atoms with E-state index in [9.17, 15) is 4.79 Å². The molecule has 0 spiro atoms. The minimum atomic E-state index is -1.03. The first-order valence-corrected chi connectivity index (χ1v) is 5.22. The lowest BCUT2D eigenvalue weighted by Crippen LogP contribution is -2.00. The number of hydrogen-bond donors (Lipinski definition) is 1. The van der Waals surface area contributed by atoms with Gasteiger partial charge in [0, 0.05) is 11.5 Å². The number of carbonyl (C=O) groups is 1. The highest BCUT2D eigenvalue weighted by Gasteiger charge is 2.13. The second kappa shape index (κ2) is 4.28. The highest BCUT2D eigenvalue weighted by atomic mass is 32.1. The summed E-state index contributed by atoms with van der Waals surface area (Å²) in [7, 11) is 0. The fraction of sp³-hybridized carbons (Fsp3) is 0.100. The lowest BCUT2D eigenvalue weighted by atomic mass is 10.1. The summed E-state index contributed by atoms with van der Waals surface area (Å²) >= 11 is 1.07. The third kappa shape index (κ3) is 2.17. The highest BCUT2D eigenvalue weighted by molar-refractivity contribution is 7.07. The van der Waals surface area contributed by atoms with Crippen LogP contribution in [0, 0.1) is 6.92 Å². The van der Waals surface area contributed by atoms with Gasteiger partial charge in [0.05, 0.1) is 0 Å². The first-order chi connectivity index (χ1) is 7.66. The molecule has 16 heavy (non-hydrogen) atoms. The minimum absolute atomic E-state index is 0.112. The van der Waals surface area contributed by atoms with E-state index in [0.29, 0.717) is 5.19 Å². The smallest absolute Gasteiger partial charge is 0.339 e. The van der Waals surface area contributed by atoms with Gasteiger partial charge in [0.15, 0.2) is 0 Å². The molecule has 2 aromatic rings. The van der Waals surface area contributed by atoms with Gasteiger partial charge in [-0.2, -0.15) is 9.36 Å². The molecule has 0 aliphatic rings. The standard InChI is InChI=1S/C10H8N2O3S/c1-6-2-3-7(9(13)14)8(4-6)15-10-11-5-12-16-10/h2-5H,1H3,(H,13,14). The number of nitrogens with zero attached hydrogens (tertiary/aromatic N) is 2. The van der Waals surface area contributed by atoms with Crippen molar-refractivity contribution in [1.82, 2.24) is 9.36 Å². The van der Waals surface area contributed by atoms with Crippen LogP contribution < -0.4 is 4.74 Å². The molecule has 0 amide bonds. The molecule has 0 aliphatic carbocycles. The van der Waals surface area contributed by atoms with Crippen molar-refractivity contribution in [3.05, 3.63) is 35.7 Å². The van der Waals surface area contributed by atoms with Crippen molar-refractivity contribution in [2.75, 3.05) is 0 Å². The largest absolute Gasteiger partial charge is 0.478 e. The molecule has 1 N–H and O–H groups in total. The summed E-state index contributed by atoms with van der Waals surface area (Å²) in [5.74, 6) is -0.747. The van der Waals surface area contributed by atoms with E-state index < -0.39 is 5.97 Å². The van der Waals surface area contributed by atoms with Gasteiger partial charge >= 0.3 is 5.97 Å². The Balaban J connectivity index is 2.38. The summed E-state index contributed by atoms with van der Waals surface area (Å²) in [6.45, 7) is 1.86. The van der Waals surface area contributed by atoms with E-state index in [1.165, 1.54) is 12.4 Å². The van der Waals surface area contributed by atoms with E-state index >= 15 is 0 Å². The first-order valence-electron chi connectivity index (χ1n) is 4.45. The van der Waals surface area contributed by atoms with Crippen LogP contribution in [0.3, 0.4) is 0 Å². The Hall–Kier alpha value is -1.95. The molecule has 2 rings (SSSR count). The van der Waals surface area contributed by atoms with E-state index in [2.05, 4.69) is 9.36 Å². The number of rotatable bonds is 3. The van der Waals surface area contributed by atoms with Gasteiger partial charge in [-0.05, 0) is 24.6 Å². The molecule has 0 saturated carbocycles.